The number of carbonyl (C=O) groups is 2. The third-order valence-corrected chi connectivity index (χ3v) is 13.8. The number of anilines is 2. The minimum absolute atomic E-state index is 0.000101. The van der Waals surface area contributed by atoms with Crippen molar-refractivity contribution in [2.75, 3.05) is 56.5 Å². The molecule has 2 fully saturated rings. The normalized spacial score (nSPS) is 16.6. The molecule has 71 heavy (non-hydrogen) atoms. The molecule has 2 amide bonds. The Labute approximate surface area is 425 Å². The molecule has 0 radical (unpaired) electrons. The predicted octanol–water partition coefficient (Wildman–Crippen LogP) is 10.8. The lowest BCUT2D eigenvalue weighted by molar-refractivity contribution is 0.0673. The van der Waals surface area contributed by atoms with Gasteiger partial charge in [0.15, 0.2) is 34.9 Å². The highest BCUT2D eigenvalue weighted by Gasteiger charge is 2.28. The minimum Gasteiger partial charge on any atom is -0.493 e. The van der Waals surface area contributed by atoms with E-state index >= 15 is 0 Å². The van der Waals surface area contributed by atoms with E-state index in [0.717, 1.165) is 66.6 Å². The van der Waals surface area contributed by atoms with Crippen LogP contribution in [0, 0.1) is 23.5 Å². The van der Waals surface area contributed by atoms with Crippen molar-refractivity contribution in [2.24, 2.45) is 11.8 Å². The van der Waals surface area contributed by atoms with Gasteiger partial charge in [0.25, 0.3) is 11.8 Å². The maximum atomic E-state index is 14.6. The van der Waals surface area contributed by atoms with Gasteiger partial charge in [0, 0.05) is 103 Å². The van der Waals surface area contributed by atoms with Crippen LogP contribution in [0.3, 0.4) is 0 Å². The molecule has 2 saturated heterocycles. The second-order valence-corrected chi connectivity index (χ2v) is 19.3. The van der Waals surface area contributed by atoms with Crippen LogP contribution in [-0.2, 0) is 6.42 Å². The SMILES string of the molecule is O=C(c1ccc(Cl)cc1Cl)N1CCCC(CNc2nc(-c3c[nH]c4ncc(Cl)cc34)ncc2F)C1.O=C(c1ccc2c(c1)OCC2)N1CCCC(CNc2nc(-c3c[nH]c4ncc(Cl)cc34)ncc2F)C1. The number of hydrogen-bond donors (Lipinski definition) is 4. The molecule has 2 unspecified atom stereocenters. The number of pyridine rings is 2. The third kappa shape index (κ3) is 10.7. The second kappa shape index (κ2) is 21.0. The molecule has 0 bridgehead atoms. The Bertz CT molecular complexity index is 3300. The van der Waals surface area contributed by atoms with E-state index in [1.807, 2.05) is 23.1 Å². The zero-order chi connectivity index (χ0) is 49.2. The van der Waals surface area contributed by atoms with Crippen molar-refractivity contribution in [3.63, 3.8) is 0 Å². The van der Waals surface area contributed by atoms with Crippen LogP contribution < -0.4 is 15.4 Å². The van der Waals surface area contributed by atoms with Crippen molar-refractivity contribution < 1.29 is 23.1 Å². The summed E-state index contributed by atoms with van der Waals surface area (Å²) in [7, 11) is 0. The standard InChI is InChI=1S/C26H24ClFN6O2.C24H20Cl3FN6O/c27-18-9-19-20(12-31-23(19)30-11-18)24-32-13-21(28)25(33-24)29-10-15-2-1-6-34(14-15)26(35)17-4-3-16-5-7-36-22(16)8-17;25-14-3-4-16(19(27)7-14)24(35)34-5-1-2-13(12-34)8-29-23-20(28)11-32-22(33-23)18-10-31-21-17(18)6-15(26)9-30-21/h3-4,8-9,11-13,15H,1-2,5-7,10,14H2,(H,30,31)(H,29,32,33);3-4,6-7,9-11,13H,1-2,5,8,12H2,(H,30,31)(H,29,32,33). The summed E-state index contributed by atoms with van der Waals surface area (Å²) < 4.78 is 34.7. The first-order valence-corrected chi connectivity index (χ1v) is 24.5. The van der Waals surface area contributed by atoms with Gasteiger partial charge in [-0.3, -0.25) is 9.59 Å². The number of rotatable bonds is 10. The first kappa shape index (κ1) is 48.0. The van der Waals surface area contributed by atoms with Gasteiger partial charge in [0.1, 0.15) is 17.0 Å². The molecule has 364 valence electrons. The van der Waals surface area contributed by atoms with Crippen LogP contribution in [-0.4, -0.2) is 107 Å². The van der Waals surface area contributed by atoms with Crippen molar-refractivity contribution in [1.82, 2.24) is 49.7 Å². The van der Waals surface area contributed by atoms with Gasteiger partial charge in [-0.2, -0.15) is 0 Å². The first-order valence-electron chi connectivity index (χ1n) is 23.0. The number of amides is 2. The Hall–Kier alpha value is -6.66. The Morgan fingerprint density at radius 3 is 1.80 bits per heavy atom. The van der Waals surface area contributed by atoms with Crippen LogP contribution in [0.2, 0.25) is 20.1 Å². The quantitative estimate of drug-likeness (QED) is 0.102. The van der Waals surface area contributed by atoms with Gasteiger partial charge in [-0.05, 0) is 85.5 Å². The Morgan fingerprint density at radius 1 is 0.676 bits per heavy atom. The van der Waals surface area contributed by atoms with Gasteiger partial charge in [-0.15, -0.1) is 0 Å². The summed E-state index contributed by atoms with van der Waals surface area (Å²) in [6, 6.07) is 14.1. The third-order valence-electron chi connectivity index (χ3n) is 12.8. The van der Waals surface area contributed by atoms with Crippen molar-refractivity contribution in [1.29, 1.82) is 0 Å². The fourth-order valence-electron chi connectivity index (χ4n) is 9.20. The molecule has 3 aliphatic rings. The van der Waals surface area contributed by atoms with Crippen molar-refractivity contribution in [3.8, 4) is 28.5 Å². The number of carbonyl (C=O) groups excluding carboxylic acids is 2. The maximum absolute atomic E-state index is 14.6. The zero-order valence-electron chi connectivity index (χ0n) is 37.8. The van der Waals surface area contributed by atoms with Gasteiger partial charge in [0.05, 0.1) is 39.6 Å². The molecule has 4 N–H and O–H groups in total. The number of benzene rings is 2. The van der Waals surface area contributed by atoms with Gasteiger partial charge in [-0.25, -0.2) is 38.7 Å². The molecule has 2 aromatic carbocycles. The van der Waals surface area contributed by atoms with Gasteiger partial charge in [0.2, 0.25) is 0 Å². The number of aromatic amines is 2. The summed E-state index contributed by atoms with van der Waals surface area (Å²) in [6.07, 6.45) is 13.3. The second-order valence-electron chi connectivity index (χ2n) is 17.6. The Kier molecular flexibility index (Phi) is 14.2. The van der Waals surface area contributed by atoms with Crippen molar-refractivity contribution in [3.05, 3.63) is 134 Å². The number of piperidine rings is 2. The van der Waals surface area contributed by atoms with E-state index in [0.29, 0.717) is 111 Å². The number of hydrogen-bond acceptors (Lipinski definition) is 11. The lowest BCUT2D eigenvalue weighted by Crippen LogP contribution is -2.42. The number of nitrogens with one attached hydrogen (secondary N) is 4. The van der Waals surface area contributed by atoms with Crippen LogP contribution in [0.1, 0.15) is 52.0 Å². The van der Waals surface area contributed by atoms with E-state index in [9.17, 15) is 18.4 Å². The predicted molar refractivity (Wildman–Crippen MR) is 271 cm³/mol. The minimum atomic E-state index is -0.554. The van der Waals surface area contributed by atoms with Crippen LogP contribution in [0.15, 0.2) is 85.7 Å². The lowest BCUT2D eigenvalue weighted by atomic mass is 9.97. The summed E-state index contributed by atoms with van der Waals surface area (Å²) in [5, 5.41) is 9.53. The first-order chi connectivity index (χ1) is 34.4. The Morgan fingerprint density at radius 2 is 1.24 bits per heavy atom. The van der Waals surface area contributed by atoms with Crippen LogP contribution in [0.4, 0.5) is 20.4 Å². The fourth-order valence-corrected chi connectivity index (χ4v) is 10.0. The average Bonchev–Trinajstić information content (AvgIpc) is 4.14. The van der Waals surface area contributed by atoms with Crippen molar-refractivity contribution in [2.45, 2.75) is 32.1 Å². The molecule has 0 aliphatic carbocycles. The molecule has 3 aliphatic heterocycles. The highest BCUT2D eigenvalue weighted by atomic mass is 35.5. The number of H-pyrrole nitrogens is 2. The zero-order valence-corrected chi connectivity index (χ0v) is 40.8. The molecule has 0 saturated carbocycles. The van der Waals surface area contributed by atoms with E-state index in [2.05, 4.69) is 50.5 Å². The number of aromatic nitrogens is 8. The van der Waals surface area contributed by atoms with E-state index in [4.69, 9.17) is 51.1 Å². The lowest BCUT2D eigenvalue weighted by Gasteiger charge is -2.33. The van der Waals surface area contributed by atoms with Crippen LogP contribution >= 0.6 is 46.4 Å². The molecule has 8 aromatic rings. The van der Waals surface area contributed by atoms with Gasteiger partial charge < -0.3 is 35.1 Å². The summed E-state index contributed by atoms with van der Waals surface area (Å²) in [5.74, 6) is 0.814. The summed E-state index contributed by atoms with van der Waals surface area (Å²) in [5.41, 5.74) is 4.86. The van der Waals surface area contributed by atoms with E-state index in [1.165, 1.54) is 0 Å². The molecule has 11 rings (SSSR count). The molecule has 2 atom stereocenters. The molecule has 9 heterocycles. The molecule has 0 spiro atoms. The van der Waals surface area contributed by atoms with Crippen LogP contribution in [0.25, 0.3) is 44.8 Å². The largest absolute Gasteiger partial charge is 0.493 e. The highest BCUT2D eigenvalue weighted by molar-refractivity contribution is 6.36. The van der Waals surface area contributed by atoms with Gasteiger partial charge >= 0.3 is 0 Å². The number of ether oxygens (including phenoxy) is 1. The Balaban J connectivity index is 0.000000164. The molecular formula is C50H44Cl4F2N12O3. The number of nitrogens with zero attached hydrogens (tertiary/aromatic N) is 8. The van der Waals surface area contributed by atoms with E-state index in [1.54, 1.807) is 60.0 Å². The monoisotopic (exact) mass is 1040 g/mol. The maximum Gasteiger partial charge on any atom is 0.255 e. The molecule has 6 aromatic heterocycles. The summed E-state index contributed by atoms with van der Waals surface area (Å²) in [4.78, 5) is 61.5. The molecule has 15 nitrogen and oxygen atoms in total. The smallest absolute Gasteiger partial charge is 0.255 e. The van der Waals surface area contributed by atoms with E-state index < -0.39 is 11.6 Å². The van der Waals surface area contributed by atoms with Gasteiger partial charge in [-0.1, -0.05) is 52.5 Å². The van der Waals surface area contributed by atoms with E-state index in [-0.39, 0.29) is 35.3 Å². The topological polar surface area (TPSA) is 183 Å². The summed E-state index contributed by atoms with van der Waals surface area (Å²) >= 11 is 24.4. The van der Waals surface area contributed by atoms with Crippen molar-refractivity contribution >= 4 is 91.9 Å². The highest BCUT2D eigenvalue weighted by Crippen LogP contribution is 2.32. The molecular weight excluding hydrogens is 996 g/mol. The molecule has 21 heteroatoms. The number of halogens is 6. The fraction of sp³-hybridized carbons (Fsp3) is 0.280. The van der Waals surface area contributed by atoms with Crippen LogP contribution in [0.5, 0.6) is 5.75 Å². The average molecular weight is 1040 g/mol. The summed E-state index contributed by atoms with van der Waals surface area (Å²) in [6.45, 7) is 4.07. The number of fused-ring (bicyclic) bond motifs is 3. The number of likely N-dealkylation sites (tertiary alicyclic amines) is 2.